The van der Waals surface area contributed by atoms with E-state index in [1.54, 1.807) is 17.6 Å². The number of rotatable bonds is 2. The molecule has 3 aromatic rings. The van der Waals surface area contributed by atoms with Crippen molar-refractivity contribution < 1.29 is 0 Å². The zero-order valence-corrected chi connectivity index (χ0v) is 11.3. The van der Waals surface area contributed by atoms with Crippen LogP contribution in [0.1, 0.15) is 5.56 Å². The summed E-state index contributed by atoms with van der Waals surface area (Å²) >= 11 is 1.64. The van der Waals surface area contributed by atoms with Gasteiger partial charge in [0.1, 0.15) is 0 Å². The molecule has 0 radical (unpaired) electrons. The van der Waals surface area contributed by atoms with Gasteiger partial charge in [-0.15, -0.1) is 5.10 Å². The Labute approximate surface area is 115 Å². The van der Waals surface area contributed by atoms with Crippen LogP contribution in [0.5, 0.6) is 0 Å². The summed E-state index contributed by atoms with van der Waals surface area (Å²) in [6.07, 6.45) is 1.77. The van der Waals surface area contributed by atoms with Gasteiger partial charge in [-0.25, -0.2) is 0 Å². The predicted octanol–water partition coefficient (Wildman–Crippen LogP) is 3.17. The molecular formula is C15H13N3S. The van der Waals surface area contributed by atoms with Gasteiger partial charge < -0.3 is 4.57 Å². The number of hydrogen-bond acceptors (Lipinski definition) is 3. The van der Waals surface area contributed by atoms with Crippen LogP contribution in [0.2, 0.25) is 0 Å². The second-order valence-electron chi connectivity index (χ2n) is 4.17. The van der Waals surface area contributed by atoms with E-state index in [2.05, 4.69) is 26.9 Å². The van der Waals surface area contributed by atoms with Gasteiger partial charge in [0.2, 0.25) is 4.80 Å². The van der Waals surface area contributed by atoms with Crippen LogP contribution in [0.25, 0.3) is 10.2 Å². The molecule has 94 valence electrons. The zero-order valence-electron chi connectivity index (χ0n) is 10.5. The second kappa shape index (κ2) is 5.20. The molecule has 0 atom stereocenters. The topological polar surface area (TPSA) is 29.6 Å². The maximum absolute atomic E-state index is 4.29. The van der Waals surface area contributed by atoms with Crippen LogP contribution in [0.3, 0.4) is 0 Å². The summed E-state index contributed by atoms with van der Waals surface area (Å²) in [5.74, 6) is 0. The first kappa shape index (κ1) is 11.9. The maximum atomic E-state index is 4.29. The van der Waals surface area contributed by atoms with Crippen molar-refractivity contribution in [2.24, 2.45) is 17.3 Å². The monoisotopic (exact) mass is 267 g/mol. The van der Waals surface area contributed by atoms with Crippen LogP contribution < -0.4 is 4.80 Å². The largest absolute Gasteiger partial charge is 0.318 e. The molecule has 0 saturated heterocycles. The maximum Gasteiger partial charge on any atom is 0.211 e. The highest BCUT2D eigenvalue weighted by Crippen LogP contribution is 2.14. The Hall–Kier alpha value is -2.20. The highest BCUT2D eigenvalue weighted by atomic mass is 32.1. The van der Waals surface area contributed by atoms with Crippen LogP contribution >= 0.6 is 11.3 Å². The van der Waals surface area contributed by atoms with Crippen LogP contribution in [0.15, 0.2) is 64.8 Å². The molecule has 1 heterocycles. The molecular weight excluding hydrogens is 254 g/mol. The molecule has 3 rings (SSSR count). The Morgan fingerprint density at radius 3 is 2.53 bits per heavy atom. The number of thiazole rings is 1. The van der Waals surface area contributed by atoms with Crippen molar-refractivity contribution in [3.8, 4) is 0 Å². The van der Waals surface area contributed by atoms with Gasteiger partial charge in [-0.05, 0) is 17.7 Å². The third-order valence-corrected chi connectivity index (χ3v) is 3.97. The van der Waals surface area contributed by atoms with Gasteiger partial charge in [-0.2, -0.15) is 5.10 Å². The smallest absolute Gasteiger partial charge is 0.211 e. The molecule has 0 N–H and O–H groups in total. The molecule has 0 aliphatic heterocycles. The normalized spacial score (nSPS) is 12.6. The summed E-state index contributed by atoms with van der Waals surface area (Å²) in [4.78, 5) is 0.897. The number of hydrogen-bond donors (Lipinski definition) is 0. The molecule has 0 saturated carbocycles. The number of benzene rings is 2. The Morgan fingerprint density at radius 2 is 1.74 bits per heavy atom. The van der Waals surface area contributed by atoms with Crippen LogP contribution in [0.4, 0.5) is 0 Å². The standard InChI is InChI=1S/C15H13N3S/c1-18-13-9-5-6-10-14(13)19-15(18)17-16-11-12-7-3-2-4-8-12/h2-11H,1H3/b16-11-,17-15-. The average molecular weight is 267 g/mol. The third-order valence-electron chi connectivity index (χ3n) is 2.86. The number of fused-ring (bicyclic) bond motifs is 1. The molecule has 0 bridgehead atoms. The van der Waals surface area contributed by atoms with Crippen molar-refractivity contribution in [1.29, 1.82) is 0 Å². The van der Waals surface area contributed by atoms with E-state index in [0.29, 0.717) is 0 Å². The van der Waals surface area contributed by atoms with Crippen molar-refractivity contribution in [2.45, 2.75) is 0 Å². The highest BCUT2D eigenvalue weighted by molar-refractivity contribution is 7.16. The fraction of sp³-hybridized carbons (Fsp3) is 0.0667. The van der Waals surface area contributed by atoms with Gasteiger partial charge in [0, 0.05) is 7.05 Å². The molecule has 0 fully saturated rings. The Morgan fingerprint density at radius 1 is 1.00 bits per heavy atom. The first-order valence-corrected chi connectivity index (χ1v) is 6.83. The van der Waals surface area contributed by atoms with Crippen LogP contribution in [0, 0.1) is 0 Å². The number of aromatic nitrogens is 1. The first-order chi connectivity index (χ1) is 9.34. The summed E-state index contributed by atoms with van der Waals surface area (Å²) in [5, 5.41) is 8.45. The summed E-state index contributed by atoms with van der Waals surface area (Å²) in [5.41, 5.74) is 2.23. The minimum atomic E-state index is 0.897. The molecule has 0 amide bonds. The van der Waals surface area contributed by atoms with Gasteiger partial charge in [0.15, 0.2) is 0 Å². The van der Waals surface area contributed by atoms with E-state index in [4.69, 9.17) is 0 Å². The van der Waals surface area contributed by atoms with E-state index in [-0.39, 0.29) is 0 Å². The Kier molecular flexibility index (Phi) is 3.25. The fourth-order valence-electron chi connectivity index (χ4n) is 1.86. The minimum absolute atomic E-state index is 0.897. The highest BCUT2D eigenvalue weighted by Gasteiger charge is 2.00. The number of nitrogens with zero attached hydrogens (tertiary/aromatic N) is 3. The van der Waals surface area contributed by atoms with Crippen molar-refractivity contribution in [1.82, 2.24) is 4.57 Å². The summed E-state index contributed by atoms with van der Waals surface area (Å²) < 4.78 is 3.28. The average Bonchev–Trinajstić information content (AvgIpc) is 2.78. The molecule has 4 heteroatoms. The van der Waals surface area contributed by atoms with E-state index >= 15 is 0 Å². The fourth-order valence-corrected chi connectivity index (χ4v) is 2.84. The first-order valence-electron chi connectivity index (χ1n) is 6.01. The van der Waals surface area contributed by atoms with Crippen LogP contribution in [-0.4, -0.2) is 10.8 Å². The van der Waals surface area contributed by atoms with Gasteiger partial charge in [-0.1, -0.05) is 53.8 Å². The number of para-hydroxylation sites is 1. The summed E-state index contributed by atoms with van der Waals surface area (Å²) in [6, 6.07) is 18.2. The quantitative estimate of drug-likeness (QED) is 0.504. The lowest BCUT2D eigenvalue weighted by molar-refractivity contribution is 0.889. The van der Waals surface area contributed by atoms with Crippen molar-refractivity contribution >= 4 is 27.8 Å². The van der Waals surface area contributed by atoms with Gasteiger partial charge in [0.05, 0.1) is 16.4 Å². The molecule has 3 nitrogen and oxygen atoms in total. The molecule has 1 aromatic heterocycles. The lowest BCUT2D eigenvalue weighted by Crippen LogP contribution is -2.08. The summed E-state index contributed by atoms with van der Waals surface area (Å²) in [6.45, 7) is 0. The van der Waals surface area contributed by atoms with E-state index in [1.807, 2.05) is 49.5 Å². The van der Waals surface area contributed by atoms with Crippen molar-refractivity contribution in [3.05, 3.63) is 65.0 Å². The predicted molar refractivity (Wildman–Crippen MR) is 80.4 cm³/mol. The van der Waals surface area contributed by atoms with Crippen LogP contribution in [-0.2, 0) is 7.05 Å². The molecule has 0 spiro atoms. The molecule has 0 unspecified atom stereocenters. The van der Waals surface area contributed by atoms with E-state index in [0.717, 1.165) is 10.4 Å². The Bertz CT molecular complexity index is 782. The zero-order chi connectivity index (χ0) is 13.1. The minimum Gasteiger partial charge on any atom is -0.318 e. The van der Waals surface area contributed by atoms with Gasteiger partial charge >= 0.3 is 0 Å². The Balaban J connectivity index is 1.98. The number of aryl methyl sites for hydroxylation is 1. The van der Waals surface area contributed by atoms with Crippen molar-refractivity contribution in [2.75, 3.05) is 0 Å². The summed E-state index contributed by atoms with van der Waals surface area (Å²) in [7, 11) is 2.01. The third kappa shape index (κ3) is 2.48. The van der Waals surface area contributed by atoms with E-state index < -0.39 is 0 Å². The molecule has 2 aromatic carbocycles. The SMILES string of the molecule is Cn1/c(=N/N=C\c2ccccc2)sc2ccccc21. The lowest BCUT2D eigenvalue weighted by Gasteiger charge is -1.92. The van der Waals surface area contributed by atoms with E-state index in [9.17, 15) is 0 Å². The lowest BCUT2D eigenvalue weighted by atomic mass is 10.2. The van der Waals surface area contributed by atoms with Gasteiger partial charge in [-0.3, -0.25) is 0 Å². The molecule has 0 aliphatic rings. The van der Waals surface area contributed by atoms with Crippen molar-refractivity contribution in [3.63, 3.8) is 0 Å². The second-order valence-corrected chi connectivity index (χ2v) is 5.18. The van der Waals surface area contributed by atoms with E-state index in [1.165, 1.54) is 10.2 Å². The van der Waals surface area contributed by atoms with Gasteiger partial charge in [0.25, 0.3) is 0 Å². The molecule has 0 aliphatic carbocycles. The molecule has 19 heavy (non-hydrogen) atoms.